The smallest absolute Gasteiger partial charge is 0.101 e. The number of hydrogen-bond donors (Lipinski definition) is 1. The van der Waals surface area contributed by atoms with Crippen molar-refractivity contribution in [2.24, 2.45) is 5.73 Å². The fourth-order valence-electron chi connectivity index (χ4n) is 1.39. The minimum atomic E-state index is 0.0763. The molecule has 0 fully saturated rings. The zero-order valence-corrected chi connectivity index (χ0v) is 10.4. The Morgan fingerprint density at radius 1 is 1.47 bits per heavy atom. The number of hydrogen-bond acceptors (Lipinski definition) is 3. The number of thioether (sulfide) groups is 1. The normalized spacial score (nSPS) is 12.7. The summed E-state index contributed by atoms with van der Waals surface area (Å²) in [6.45, 7) is 4.23. The maximum atomic E-state index is 5.89. The van der Waals surface area contributed by atoms with Crippen LogP contribution in [0.4, 0.5) is 0 Å². The summed E-state index contributed by atoms with van der Waals surface area (Å²) < 4.78 is 0. The maximum Gasteiger partial charge on any atom is 0.101 e. The Labute approximate surface area is 96.7 Å². The first-order valence-electron chi connectivity index (χ1n) is 5.59. The van der Waals surface area contributed by atoms with Crippen LogP contribution in [-0.4, -0.2) is 10.7 Å². The Bertz CT molecular complexity index is 287. The fraction of sp³-hybridized carbons (Fsp3) is 0.583. The van der Waals surface area contributed by atoms with E-state index in [2.05, 4.69) is 18.0 Å². The van der Waals surface area contributed by atoms with Crippen LogP contribution in [0.2, 0.25) is 0 Å². The maximum absolute atomic E-state index is 5.89. The van der Waals surface area contributed by atoms with Gasteiger partial charge in [0.2, 0.25) is 0 Å². The molecule has 0 amide bonds. The largest absolute Gasteiger partial charge is 0.324 e. The number of unbranched alkanes of at least 4 members (excludes halogenated alkanes) is 2. The molecule has 2 N–H and O–H groups in total. The highest BCUT2D eigenvalue weighted by Crippen LogP contribution is 2.24. The third-order valence-electron chi connectivity index (χ3n) is 2.28. The third kappa shape index (κ3) is 4.22. The van der Waals surface area contributed by atoms with Gasteiger partial charge in [0, 0.05) is 17.8 Å². The van der Waals surface area contributed by atoms with Gasteiger partial charge in [-0.25, -0.2) is 4.98 Å². The molecule has 0 aliphatic carbocycles. The lowest BCUT2D eigenvalue weighted by Crippen LogP contribution is -2.07. The van der Waals surface area contributed by atoms with Gasteiger partial charge < -0.3 is 5.73 Å². The van der Waals surface area contributed by atoms with Gasteiger partial charge >= 0.3 is 0 Å². The van der Waals surface area contributed by atoms with Gasteiger partial charge in [0.1, 0.15) is 5.03 Å². The van der Waals surface area contributed by atoms with Gasteiger partial charge in [0.15, 0.2) is 0 Å². The van der Waals surface area contributed by atoms with Crippen molar-refractivity contribution in [1.29, 1.82) is 0 Å². The van der Waals surface area contributed by atoms with Gasteiger partial charge in [0.25, 0.3) is 0 Å². The molecule has 1 unspecified atom stereocenters. The molecule has 0 aliphatic rings. The monoisotopic (exact) mass is 224 g/mol. The summed E-state index contributed by atoms with van der Waals surface area (Å²) in [6, 6.07) is 4.10. The molecule has 2 nitrogen and oxygen atoms in total. The van der Waals surface area contributed by atoms with Crippen molar-refractivity contribution in [1.82, 2.24) is 4.98 Å². The lowest BCUT2D eigenvalue weighted by Gasteiger charge is -2.10. The van der Waals surface area contributed by atoms with Crippen molar-refractivity contribution < 1.29 is 0 Å². The van der Waals surface area contributed by atoms with Crippen LogP contribution in [-0.2, 0) is 0 Å². The summed E-state index contributed by atoms with van der Waals surface area (Å²) in [5.41, 5.74) is 7.06. The molecule has 84 valence electrons. The molecular formula is C12H20N2S. The van der Waals surface area contributed by atoms with E-state index in [1.165, 1.54) is 24.8 Å². The quantitative estimate of drug-likeness (QED) is 0.594. The molecule has 0 spiro atoms. The standard InChI is InChI=1S/C12H20N2S/c1-3-4-5-9-15-12-11(10(2)13)7-6-8-14-12/h6-8,10H,3-5,9,13H2,1-2H3. The molecule has 3 heteroatoms. The lowest BCUT2D eigenvalue weighted by atomic mass is 10.2. The van der Waals surface area contributed by atoms with E-state index in [1.54, 1.807) is 0 Å². The molecule has 1 heterocycles. The molecule has 0 saturated heterocycles. The first kappa shape index (κ1) is 12.5. The van der Waals surface area contributed by atoms with Crippen molar-refractivity contribution in [2.75, 3.05) is 5.75 Å². The van der Waals surface area contributed by atoms with Crippen LogP contribution in [0.5, 0.6) is 0 Å². The fourth-order valence-corrected chi connectivity index (χ4v) is 2.49. The number of nitrogens with two attached hydrogens (primary N) is 1. The average molecular weight is 224 g/mol. The van der Waals surface area contributed by atoms with E-state index in [0.717, 1.165) is 10.8 Å². The number of rotatable bonds is 6. The lowest BCUT2D eigenvalue weighted by molar-refractivity contribution is 0.769. The Morgan fingerprint density at radius 2 is 2.27 bits per heavy atom. The zero-order chi connectivity index (χ0) is 11.1. The minimum Gasteiger partial charge on any atom is -0.324 e. The highest BCUT2D eigenvalue weighted by molar-refractivity contribution is 7.99. The molecule has 0 aliphatic heterocycles. The topological polar surface area (TPSA) is 38.9 Å². The summed E-state index contributed by atoms with van der Waals surface area (Å²) in [6.07, 6.45) is 5.67. The summed E-state index contributed by atoms with van der Waals surface area (Å²) in [7, 11) is 0. The van der Waals surface area contributed by atoms with Crippen molar-refractivity contribution >= 4 is 11.8 Å². The van der Waals surface area contributed by atoms with Crippen LogP contribution < -0.4 is 5.73 Å². The van der Waals surface area contributed by atoms with Gasteiger partial charge in [-0.05, 0) is 25.2 Å². The van der Waals surface area contributed by atoms with Gasteiger partial charge in [-0.15, -0.1) is 11.8 Å². The van der Waals surface area contributed by atoms with Crippen molar-refractivity contribution in [3.63, 3.8) is 0 Å². The van der Waals surface area contributed by atoms with E-state index in [4.69, 9.17) is 5.73 Å². The first-order chi connectivity index (χ1) is 7.25. The first-order valence-corrected chi connectivity index (χ1v) is 6.57. The number of aromatic nitrogens is 1. The molecular weight excluding hydrogens is 204 g/mol. The summed E-state index contributed by atoms with van der Waals surface area (Å²) in [4.78, 5) is 4.38. The summed E-state index contributed by atoms with van der Waals surface area (Å²) >= 11 is 1.82. The van der Waals surface area contributed by atoms with Crippen molar-refractivity contribution in [3.8, 4) is 0 Å². The Balaban J connectivity index is 2.52. The van der Waals surface area contributed by atoms with Crippen LogP contribution in [0, 0.1) is 0 Å². The second-order valence-corrected chi connectivity index (χ2v) is 4.83. The molecule has 15 heavy (non-hydrogen) atoms. The van der Waals surface area contributed by atoms with E-state index in [9.17, 15) is 0 Å². The third-order valence-corrected chi connectivity index (χ3v) is 3.39. The SMILES string of the molecule is CCCCCSc1ncccc1C(C)N. The highest BCUT2D eigenvalue weighted by Gasteiger charge is 2.07. The predicted octanol–water partition coefficient (Wildman–Crippen LogP) is 3.38. The van der Waals surface area contributed by atoms with Gasteiger partial charge in [-0.2, -0.15) is 0 Å². The average Bonchev–Trinajstić information content (AvgIpc) is 2.25. The van der Waals surface area contributed by atoms with Gasteiger partial charge in [-0.1, -0.05) is 25.8 Å². The van der Waals surface area contributed by atoms with Crippen LogP contribution in [0.25, 0.3) is 0 Å². The molecule has 1 aromatic rings. The molecule has 0 aromatic carbocycles. The summed E-state index contributed by atoms with van der Waals surface area (Å²) in [5, 5.41) is 1.10. The van der Waals surface area contributed by atoms with E-state index in [0.29, 0.717) is 0 Å². The molecule has 1 atom stereocenters. The molecule has 1 rings (SSSR count). The second-order valence-electron chi connectivity index (χ2n) is 3.74. The second kappa shape index (κ2) is 6.85. The van der Waals surface area contributed by atoms with Crippen LogP contribution >= 0.6 is 11.8 Å². The minimum absolute atomic E-state index is 0.0763. The predicted molar refractivity (Wildman–Crippen MR) is 67.1 cm³/mol. The Morgan fingerprint density at radius 3 is 2.93 bits per heavy atom. The van der Waals surface area contributed by atoms with Crippen molar-refractivity contribution in [3.05, 3.63) is 23.9 Å². The molecule has 0 radical (unpaired) electrons. The van der Waals surface area contributed by atoms with Crippen molar-refractivity contribution in [2.45, 2.75) is 44.2 Å². The van der Waals surface area contributed by atoms with Gasteiger partial charge in [-0.3, -0.25) is 0 Å². The van der Waals surface area contributed by atoms with E-state index in [1.807, 2.05) is 30.9 Å². The van der Waals surface area contributed by atoms with E-state index in [-0.39, 0.29) is 6.04 Å². The van der Waals surface area contributed by atoms with Gasteiger partial charge in [0.05, 0.1) is 0 Å². The molecule has 0 bridgehead atoms. The van der Waals surface area contributed by atoms with E-state index < -0.39 is 0 Å². The Hall–Kier alpha value is -0.540. The molecule has 1 aromatic heterocycles. The zero-order valence-electron chi connectivity index (χ0n) is 9.57. The van der Waals surface area contributed by atoms with E-state index >= 15 is 0 Å². The highest BCUT2D eigenvalue weighted by atomic mass is 32.2. The Kier molecular flexibility index (Phi) is 5.73. The molecule has 0 saturated carbocycles. The van der Waals surface area contributed by atoms with Crippen LogP contribution in [0.3, 0.4) is 0 Å². The van der Waals surface area contributed by atoms with Crippen LogP contribution in [0.15, 0.2) is 23.4 Å². The number of nitrogens with zero attached hydrogens (tertiary/aromatic N) is 1. The van der Waals surface area contributed by atoms with Crippen LogP contribution in [0.1, 0.15) is 44.7 Å². The summed E-state index contributed by atoms with van der Waals surface area (Å²) in [5.74, 6) is 1.14. The number of pyridine rings is 1.